The van der Waals surface area contributed by atoms with Gasteiger partial charge in [0, 0.05) is 12.7 Å². The van der Waals surface area contributed by atoms with Crippen LogP contribution >= 0.6 is 11.8 Å². The summed E-state index contributed by atoms with van der Waals surface area (Å²) in [6.45, 7) is 1.20. The first kappa shape index (κ1) is 15.1. The third-order valence-corrected chi connectivity index (χ3v) is 4.73. The first-order valence-corrected chi connectivity index (χ1v) is 7.08. The minimum atomic E-state index is -1.41. The van der Waals surface area contributed by atoms with Crippen molar-refractivity contribution in [1.82, 2.24) is 10.2 Å². The van der Waals surface area contributed by atoms with E-state index in [1.807, 2.05) is 0 Å². The third kappa shape index (κ3) is 2.36. The Hall–Kier alpha value is -1.32. The van der Waals surface area contributed by atoms with Crippen molar-refractivity contribution in [3.63, 3.8) is 0 Å². The number of carbonyl (C=O) groups is 3. The molecule has 5 atom stereocenters. The van der Waals surface area contributed by atoms with Gasteiger partial charge in [0.05, 0.1) is 7.11 Å². The summed E-state index contributed by atoms with van der Waals surface area (Å²) >= 11 is 1.20. The van der Waals surface area contributed by atoms with Crippen LogP contribution in [-0.2, 0) is 19.1 Å². The van der Waals surface area contributed by atoms with E-state index < -0.39 is 47.4 Å². The maximum absolute atomic E-state index is 12.3. The van der Waals surface area contributed by atoms with Crippen molar-refractivity contribution >= 4 is 29.5 Å². The molecule has 2 amide bonds. The van der Waals surface area contributed by atoms with Crippen molar-refractivity contribution in [1.29, 1.82) is 0 Å². The van der Waals surface area contributed by atoms with Gasteiger partial charge in [0.25, 0.3) is 0 Å². The highest BCUT2D eigenvalue weighted by Gasteiger charge is 2.55. The van der Waals surface area contributed by atoms with Gasteiger partial charge in [-0.1, -0.05) is 0 Å². The number of nitrogens with zero attached hydrogens (tertiary/aromatic N) is 1. The van der Waals surface area contributed by atoms with Crippen LogP contribution in [0.5, 0.6) is 0 Å². The Morgan fingerprint density at radius 1 is 1.40 bits per heavy atom. The van der Waals surface area contributed by atoms with E-state index in [0.29, 0.717) is 0 Å². The lowest BCUT2D eigenvalue weighted by Gasteiger charge is -2.42. The van der Waals surface area contributed by atoms with E-state index >= 15 is 0 Å². The van der Waals surface area contributed by atoms with Gasteiger partial charge in [-0.2, -0.15) is 0 Å². The molecule has 3 N–H and O–H groups in total. The number of hydrogen-bond donors (Lipinski definition) is 3. The van der Waals surface area contributed by atoms with Gasteiger partial charge in [-0.15, -0.1) is 11.8 Å². The number of thioether (sulfide) groups is 1. The summed E-state index contributed by atoms with van der Waals surface area (Å²) in [6, 6.07) is -2.08. The summed E-state index contributed by atoms with van der Waals surface area (Å²) in [5.74, 6) is -1.41. The summed E-state index contributed by atoms with van der Waals surface area (Å²) in [5.41, 5.74) is 0. The van der Waals surface area contributed by atoms with Gasteiger partial charge in [0.1, 0.15) is 29.7 Å². The molecule has 2 rings (SSSR count). The fraction of sp³-hybridized carbons (Fsp3) is 0.727. The Labute approximate surface area is 119 Å². The molecule has 0 unspecified atom stereocenters. The number of carbonyl (C=O) groups excluding carboxylic acids is 3. The molecular formula is C11H16N2O6S. The van der Waals surface area contributed by atoms with Crippen molar-refractivity contribution in [2.45, 2.75) is 36.6 Å². The largest absolute Gasteiger partial charge is 0.467 e. The number of piperidine rings is 1. The fourth-order valence-electron chi connectivity index (χ4n) is 2.43. The normalized spacial score (nSPS) is 36.5. The molecule has 2 aliphatic heterocycles. The van der Waals surface area contributed by atoms with Crippen LogP contribution in [0, 0.1) is 0 Å². The van der Waals surface area contributed by atoms with Gasteiger partial charge in [-0.25, -0.2) is 4.79 Å². The molecule has 0 spiro atoms. The lowest BCUT2D eigenvalue weighted by molar-refractivity contribution is -0.164. The molecule has 0 radical (unpaired) electrons. The van der Waals surface area contributed by atoms with E-state index in [2.05, 4.69) is 10.1 Å². The van der Waals surface area contributed by atoms with E-state index in [4.69, 9.17) is 0 Å². The van der Waals surface area contributed by atoms with Crippen molar-refractivity contribution < 1.29 is 29.3 Å². The number of fused-ring (bicyclic) bond motifs is 1. The fourth-order valence-corrected chi connectivity index (χ4v) is 3.87. The number of rotatable bonds is 2. The Bertz CT molecular complexity index is 445. The van der Waals surface area contributed by atoms with Crippen molar-refractivity contribution in [2.24, 2.45) is 0 Å². The number of amides is 2. The van der Waals surface area contributed by atoms with Gasteiger partial charge in [-0.3, -0.25) is 9.59 Å². The molecule has 2 saturated heterocycles. The summed E-state index contributed by atoms with van der Waals surface area (Å²) in [7, 11) is 1.21. The standard InChI is InChI=1S/C11H16N2O6S/c1-4(14)12-6-7(15)8(16)10-13(9(6)17)5(3-20-10)11(18)19-2/h5-8,10,15-16H,3H2,1-2H3,(H,12,14)/t5-,6-,7-,8-,10-/m0/s1. The molecule has 0 aromatic rings. The molecule has 112 valence electrons. The van der Waals surface area contributed by atoms with Crippen LogP contribution in [-0.4, -0.2) is 75.4 Å². The second-order valence-electron chi connectivity index (χ2n) is 4.67. The van der Waals surface area contributed by atoms with E-state index in [0.717, 1.165) is 0 Å². The van der Waals surface area contributed by atoms with Crippen LogP contribution in [0.3, 0.4) is 0 Å². The van der Waals surface area contributed by atoms with Crippen molar-refractivity contribution in [3.8, 4) is 0 Å². The first-order valence-electron chi connectivity index (χ1n) is 6.03. The molecule has 9 heteroatoms. The predicted molar refractivity (Wildman–Crippen MR) is 68.5 cm³/mol. The highest BCUT2D eigenvalue weighted by molar-refractivity contribution is 8.00. The van der Waals surface area contributed by atoms with Gasteiger partial charge in [-0.05, 0) is 0 Å². The molecule has 8 nitrogen and oxygen atoms in total. The molecule has 0 saturated carbocycles. The van der Waals surface area contributed by atoms with E-state index in [1.165, 1.54) is 30.7 Å². The third-order valence-electron chi connectivity index (χ3n) is 3.37. The summed E-state index contributed by atoms with van der Waals surface area (Å²) in [5, 5.41) is 21.6. The number of hydrogen-bond acceptors (Lipinski definition) is 7. The Balaban J connectivity index is 2.28. The number of methoxy groups -OCH3 is 1. The maximum atomic E-state index is 12.3. The van der Waals surface area contributed by atoms with Crippen LogP contribution in [0.4, 0.5) is 0 Å². The summed E-state index contributed by atoms with van der Waals surface area (Å²) in [4.78, 5) is 36.3. The summed E-state index contributed by atoms with van der Waals surface area (Å²) in [6.07, 6.45) is -2.65. The lowest BCUT2D eigenvalue weighted by atomic mass is 9.97. The predicted octanol–water partition coefficient (Wildman–Crippen LogP) is -2.33. The minimum absolute atomic E-state index is 0.277. The molecule has 0 aromatic carbocycles. The summed E-state index contributed by atoms with van der Waals surface area (Å²) < 4.78 is 4.63. The average molecular weight is 304 g/mol. The molecule has 2 heterocycles. The van der Waals surface area contributed by atoms with Gasteiger partial charge < -0.3 is 25.2 Å². The van der Waals surface area contributed by atoms with Crippen LogP contribution in [0.2, 0.25) is 0 Å². The van der Waals surface area contributed by atoms with Crippen molar-refractivity contribution in [3.05, 3.63) is 0 Å². The van der Waals surface area contributed by atoms with Gasteiger partial charge in [0.2, 0.25) is 11.8 Å². The van der Waals surface area contributed by atoms with Gasteiger partial charge in [0.15, 0.2) is 0 Å². The minimum Gasteiger partial charge on any atom is -0.467 e. The molecule has 0 aromatic heterocycles. The highest BCUT2D eigenvalue weighted by atomic mass is 32.2. The smallest absolute Gasteiger partial charge is 0.329 e. The number of nitrogens with one attached hydrogen (secondary N) is 1. The second kappa shape index (κ2) is 5.58. The Morgan fingerprint density at radius 2 is 2.05 bits per heavy atom. The van der Waals surface area contributed by atoms with Crippen LogP contribution in [0.1, 0.15) is 6.92 Å². The quantitative estimate of drug-likeness (QED) is 0.490. The zero-order valence-corrected chi connectivity index (χ0v) is 11.8. The molecule has 2 fully saturated rings. The number of aliphatic hydroxyl groups is 2. The first-order chi connectivity index (χ1) is 9.38. The average Bonchev–Trinajstić information content (AvgIpc) is 2.85. The highest BCUT2D eigenvalue weighted by Crippen LogP contribution is 2.37. The molecule has 0 aliphatic carbocycles. The molecule has 2 aliphatic rings. The number of esters is 1. The zero-order valence-electron chi connectivity index (χ0n) is 11.0. The lowest BCUT2D eigenvalue weighted by Crippen LogP contribution is -2.68. The topological polar surface area (TPSA) is 116 Å². The van der Waals surface area contributed by atoms with E-state index in [1.54, 1.807) is 0 Å². The second-order valence-corrected chi connectivity index (χ2v) is 5.82. The molecule has 20 heavy (non-hydrogen) atoms. The number of ether oxygens (including phenoxy) is 1. The van der Waals surface area contributed by atoms with E-state index in [9.17, 15) is 24.6 Å². The zero-order chi connectivity index (χ0) is 15.0. The SMILES string of the molecule is COC(=O)[C@@H]1CS[C@H]2[C@@H](O)[C@@H](O)[C@H](NC(C)=O)C(=O)N12. The monoisotopic (exact) mass is 304 g/mol. The Morgan fingerprint density at radius 3 is 2.60 bits per heavy atom. The van der Waals surface area contributed by atoms with E-state index in [-0.39, 0.29) is 5.75 Å². The molecular weight excluding hydrogens is 288 g/mol. The molecule has 0 bridgehead atoms. The Kier molecular flexibility index (Phi) is 4.21. The van der Waals surface area contributed by atoms with Crippen molar-refractivity contribution in [2.75, 3.05) is 12.9 Å². The van der Waals surface area contributed by atoms with Crippen LogP contribution < -0.4 is 5.32 Å². The van der Waals surface area contributed by atoms with Crippen LogP contribution in [0.25, 0.3) is 0 Å². The maximum Gasteiger partial charge on any atom is 0.329 e. The van der Waals surface area contributed by atoms with Crippen LogP contribution in [0.15, 0.2) is 0 Å². The van der Waals surface area contributed by atoms with Gasteiger partial charge >= 0.3 is 5.97 Å². The number of aliphatic hydroxyl groups excluding tert-OH is 2.